The van der Waals surface area contributed by atoms with Gasteiger partial charge in [-0.1, -0.05) is 0 Å². The monoisotopic (exact) mass is 296 g/mol. The van der Waals surface area contributed by atoms with Crippen LogP contribution in [0.5, 0.6) is 0 Å². The van der Waals surface area contributed by atoms with Crippen molar-refractivity contribution in [2.75, 3.05) is 5.73 Å². The van der Waals surface area contributed by atoms with Gasteiger partial charge in [0.15, 0.2) is 0 Å². The predicted molar refractivity (Wildman–Crippen MR) is 53.3 cm³/mol. The van der Waals surface area contributed by atoms with E-state index < -0.39 is 22.0 Å². The number of hydrogen-bond donors (Lipinski definition) is 1. The lowest BCUT2D eigenvalue weighted by atomic mass is 10.0. The predicted octanol–water partition coefficient (Wildman–Crippen LogP) is 3.22. The Morgan fingerprint density at radius 3 is 2.25 bits per heavy atom. The number of nitrogens with zero attached hydrogens (tertiary/aromatic N) is 1. The third-order valence-electron chi connectivity index (χ3n) is 1.88. The third-order valence-corrected chi connectivity index (χ3v) is 2.37. The Kier molecular flexibility index (Phi) is 3.15. The van der Waals surface area contributed by atoms with Crippen molar-refractivity contribution >= 4 is 21.6 Å². The second kappa shape index (κ2) is 3.94. The summed E-state index contributed by atoms with van der Waals surface area (Å²) in [6.45, 7) is 0. The number of hydrogen-bond acceptors (Lipinski definition) is 2. The van der Waals surface area contributed by atoms with Gasteiger partial charge in [0.25, 0.3) is 0 Å². The van der Waals surface area contributed by atoms with E-state index in [0.717, 1.165) is 6.07 Å². The summed E-state index contributed by atoms with van der Waals surface area (Å²) in [5, 5.41) is 8.49. The van der Waals surface area contributed by atoms with Gasteiger partial charge in [-0.25, -0.2) is 0 Å². The summed E-state index contributed by atoms with van der Waals surface area (Å²) in [4.78, 5) is -4.43. The lowest BCUT2D eigenvalue weighted by Gasteiger charge is -2.23. The third kappa shape index (κ3) is 2.11. The van der Waals surface area contributed by atoms with Crippen LogP contribution in [-0.4, -0.2) is 4.83 Å². The standard InChI is InChI=1S/C9H5BrF4N2/c10-9(13,14)8(11,12)6-3-5(4-15)1-2-7(6)16/h1-3H,16H2. The summed E-state index contributed by atoms with van der Waals surface area (Å²) in [6.07, 6.45) is 0. The Morgan fingerprint density at radius 1 is 1.25 bits per heavy atom. The van der Waals surface area contributed by atoms with Gasteiger partial charge in [0.1, 0.15) is 0 Å². The number of nitriles is 1. The molecule has 1 rings (SSSR count). The van der Waals surface area contributed by atoms with Gasteiger partial charge in [-0.05, 0) is 34.1 Å². The zero-order valence-corrected chi connectivity index (χ0v) is 9.23. The molecule has 0 aromatic heterocycles. The molecule has 2 nitrogen and oxygen atoms in total. The minimum atomic E-state index is -4.48. The van der Waals surface area contributed by atoms with Gasteiger partial charge in [-0.3, -0.25) is 0 Å². The van der Waals surface area contributed by atoms with Crippen LogP contribution in [0.4, 0.5) is 23.2 Å². The van der Waals surface area contributed by atoms with E-state index in [1.165, 1.54) is 6.07 Å². The van der Waals surface area contributed by atoms with E-state index in [1.807, 2.05) is 0 Å². The van der Waals surface area contributed by atoms with Crippen LogP contribution in [0.3, 0.4) is 0 Å². The first-order chi connectivity index (χ1) is 7.20. The molecule has 1 aromatic rings. The molecule has 0 bridgehead atoms. The minimum absolute atomic E-state index is 0.166. The molecule has 86 valence electrons. The molecule has 16 heavy (non-hydrogen) atoms. The topological polar surface area (TPSA) is 49.8 Å². The van der Waals surface area contributed by atoms with Gasteiger partial charge >= 0.3 is 10.8 Å². The van der Waals surface area contributed by atoms with E-state index in [4.69, 9.17) is 11.0 Å². The maximum absolute atomic E-state index is 13.3. The molecule has 0 spiro atoms. The largest absolute Gasteiger partial charge is 0.398 e. The molecule has 0 aliphatic carbocycles. The van der Waals surface area contributed by atoms with Crippen molar-refractivity contribution in [2.45, 2.75) is 10.8 Å². The summed E-state index contributed by atoms with van der Waals surface area (Å²) in [7, 11) is 0. The molecule has 2 N–H and O–H groups in total. The van der Waals surface area contributed by atoms with Crippen molar-refractivity contribution in [1.29, 1.82) is 5.26 Å². The number of benzene rings is 1. The van der Waals surface area contributed by atoms with Crippen LogP contribution in [0, 0.1) is 11.3 Å². The SMILES string of the molecule is N#Cc1ccc(N)c(C(F)(F)C(F)(F)Br)c1. The molecule has 0 heterocycles. The van der Waals surface area contributed by atoms with Gasteiger partial charge in [-0.15, -0.1) is 0 Å². The lowest BCUT2D eigenvalue weighted by Crippen LogP contribution is -2.33. The summed E-state index contributed by atoms with van der Waals surface area (Å²) in [6, 6.07) is 4.37. The van der Waals surface area contributed by atoms with Crippen LogP contribution >= 0.6 is 15.9 Å². The number of alkyl halides is 5. The molecule has 1 aromatic carbocycles. The zero-order chi connectivity index (χ0) is 12.6. The van der Waals surface area contributed by atoms with Gasteiger partial charge in [0.05, 0.1) is 17.2 Å². The van der Waals surface area contributed by atoms with Crippen LogP contribution in [0.2, 0.25) is 0 Å². The van der Waals surface area contributed by atoms with E-state index in [2.05, 4.69) is 0 Å². The lowest BCUT2D eigenvalue weighted by molar-refractivity contribution is -0.153. The summed E-state index contributed by atoms with van der Waals surface area (Å²) >= 11 is 1.60. The molecular formula is C9H5BrF4N2. The molecule has 7 heteroatoms. The number of halogens is 5. The molecule has 0 saturated heterocycles. The second-order valence-corrected chi connectivity index (χ2v) is 3.98. The highest BCUT2D eigenvalue weighted by molar-refractivity contribution is 9.10. The van der Waals surface area contributed by atoms with Gasteiger partial charge in [-0.2, -0.15) is 22.8 Å². The average Bonchev–Trinajstić information content (AvgIpc) is 2.16. The Morgan fingerprint density at radius 2 is 1.81 bits per heavy atom. The van der Waals surface area contributed by atoms with E-state index in [-0.39, 0.29) is 5.56 Å². The minimum Gasteiger partial charge on any atom is -0.398 e. The van der Waals surface area contributed by atoms with Crippen molar-refractivity contribution in [2.24, 2.45) is 0 Å². The first-order valence-corrected chi connectivity index (χ1v) is 4.74. The van der Waals surface area contributed by atoms with E-state index >= 15 is 0 Å². The fraction of sp³-hybridized carbons (Fsp3) is 0.222. The fourth-order valence-corrected chi connectivity index (χ4v) is 1.26. The van der Waals surface area contributed by atoms with E-state index in [0.29, 0.717) is 6.07 Å². The maximum Gasteiger partial charge on any atom is 0.367 e. The van der Waals surface area contributed by atoms with Gasteiger partial charge < -0.3 is 5.73 Å². The van der Waals surface area contributed by atoms with Crippen LogP contribution in [-0.2, 0) is 5.92 Å². The zero-order valence-electron chi connectivity index (χ0n) is 7.65. The first-order valence-electron chi connectivity index (χ1n) is 3.95. The Hall–Kier alpha value is -1.29. The van der Waals surface area contributed by atoms with Gasteiger partial charge in [0.2, 0.25) is 0 Å². The quantitative estimate of drug-likeness (QED) is 0.517. The molecule has 0 atom stereocenters. The molecule has 0 fully saturated rings. The van der Waals surface area contributed by atoms with Crippen LogP contribution < -0.4 is 5.73 Å². The highest BCUT2D eigenvalue weighted by atomic mass is 79.9. The second-order valence-electron chi connectivity index (χ2n) is 2.99. The van der Waals surface area contributed by atoms with E-state index in [1.54, 1.807) is 22.0 Å². The van der Waals surface area contributed by atoms with Crippen molar-refractivity contribution in [3.05, 3.63) is 29.3 Å². The Bertz CT molecular complexity index is 448. The number of rotatable bonds is 2. The Balaban J connectivity index is 3.39. The molecule has 0 amide bonds. The molecular weight excluding hydrogens is 292 g/mol. The molecule has 0 radical (unpaired) electrons. The molecule has 0 aliphatic rings. The summed E-state index contributed by atoms with van der Waals surface area (Å²) in [5.74, 6) is -4.48. The number of anilines is 1. The molecule has 0 aliphatic heterocycles. The van der Waals surface area contributed by atoms with Crippen LogP contribution in [0.15, 0.2) is 18.2 Å². The van der Waals surface area contributed by atoms with Crippen molar-refractivity contribution in [3.63, 3.8) is 0 Å². The number of nitrogens with two attached hydrogens (primary N) is 1. The summed E-state index contributed by atoms with van der Waals surface area (Å²) in [5.41, 5.74) is 3.44. The van der Waals surface area contributed by atoms with Crippen molar-refractivity contribution in [3.8, 4) is 6.07 Å². The fourth-order valence-electron chi connectivity index (χ4n) is 1.05. The highest BCUT2D eigenvalue weighted by Gasteiger charge is 2.56. The highest BCUT2D eigenvalue weighted by Crippen LogP contribution is 2.48. The average molecular weight is 297 g/mol. The summed E-state index contributed by atoms with van der Waals surface area (Å²) < 4.78 is 51.8. The van der Waals surface area contributed by atoms with E-state index in [9.17, 15) is 17.6 Å². The normalized spacial score (nSPS) is 12.2. The smallest absolute Gasteiger partial charge is 0.367 e. The first kappa shape index (κ1) is 12.8. The van der Waals surface area contributed by atoms with Crippen LogP contribution in [0.1, 0.15) is 11.1 Å². The van der Waals surface area contributed by atoms with Gasteiger partial charge in [0, 0.05) is 5.69 Å². The number of nitrogen functional groups attached to an aromatic ring is 1. The van der Waals surface area contributed by atoms with Crippen LogP contribution in [0.25, 0.3) is 0 Å². The Labute approximate surface area is 96.8 Å². The molecule has 0 saturated carbocycles. The molecule has 0 unspecified atom stereocenters. The van der Waals surface area contributed by atoms with Crippen molar-refractivity contribution in [1.82, 2.24) is 0 Å². The van der Waals surface area contributed by atoms with Crippen molar-refractivity contribution < 1.29 is 17.6 Å². The maximum atomic E-state index is 13.3.